The Hall–Kier alpha value is -0.970. The molecular weight excluding hydrogens is 265 g/mol. The van der Waals surface area contributed by atoms with E-state index in [9.17, 15) is 4.39 Å². The first-order valence-corrected chi connectivity index (χ1v) is 8.20. The van der Waals surface area contributed by atoms with Crippen LogP contribution in [0.2, 0.25) is 0 Å². The number of rotatable bonds is 5. The van der Waals surface area contributed by atoms with Crippen molar-refractivity contribution in [2.75, 3.05) is 32.7 Å². The predicted octanol–water partition coefficient (Wildman–Crippen LogP) is 2.39. The minimum atomic E-state index is -0.196. The number of hydrogen-bond donors (Lipinski definition) is 1. The molecule has 2 heterocycles. The van der Waals surface area contributed by atoms with Crippen LogP contribution in [0.4, 0.5) is 4.39 Å². The van der Waals surface area contributed by atoms with Gasteiger partial charge in [0.05, 0.1) is 0 Å². The molecule has 0 bridgehead atoms. The zero-order valence-electron chi connectivity index (χ0n) is 12.7. The van der Waals surface area contributed by atoms with E-state index in [0.717, 1.165) is 24.6 Å². The summed E-state index contributed by atoms with van der Waals surface area (Å²) in [7, 11) is 0. The molecule has 0 spiro atoms. The summed E-state index contributed by atoms with van der Waals surface area (Å²) in [6.45, 7) is 5.93. The number of benzene rings is 1. The Labute approximate surface area is 126 Å². The van der Waals surface area contributed by atoms with Gasteiger partial charge in [-0.2, -0.15) is 0 Å². The number of nitrogens with zero attached hydrogens (tertiary/aromatic N) is 2. The van der Waals surface area contributed by atoms with Gasteiger partial charge in [0.15, 0.2) is 0 Å². The van der Waals surface area contributed by atoms with Crippen molar-refractivity contribution in [3.05, 3.63) is 35.6 Å². The minimum Gasteiger partial charge on any atom is -0.324 e. The molecule has 1 aromatic carbocycles. The fraction of sp³-hybridized carbons (Fsp3) is 0.647. The van der Waals surface area contributed by atoms with Crippen molar-refractivity contribution < 1.29 is 4.39 Å². The lowest BCUT2D eigenvalue weighted by atomic mass is 10.0. The van der Waals surface area contributed by atoms with Gasteiger partial charge in [-0.3, -0.25) is 4.90 Å². The van der Waals surface area contributed by atoms with Crippen LogP contribution < -0.4 is 5.73 Å². The molecule has 4 heteroatoms. The van der Waals surface area contributed by atoms with E-state index in [1.807, 2.05) is 6.07 Å². The summed E-state index contributed by atoms with van der Waals surface area (Å²) in [6.07, 6.45) is 4.91. The van der Waals surface area contributed by atoms with Gasteiger partial charge in [0.25, 0.3) is 0 Å². The van der Waals surface area contributed by atoms with Crippen molar-refractivity contribution in [1.82, 2.24) is 9.80 Å². The third-order valence-corrected chi connectivity index (χ3v) is 4.94. The van der Waals surface area contributed by atoms with Crippen LogP contribution in [-0.4, -0.2) is 48.6 Å². The van der Waals surface area contributed by atoms with E-state index in [-0.39, 0.29) is 11.9 Å². The third kappa shape index (κ3) is 3.82. The van der Waals surface area contributed by atoms with E-state index in [0.29, 0.717) is 0 Å². The average molecular weight is 291 g/mol. The second-order valence-electron chi connectivity index (χ2n) is 6.44. The molecule has 116 valence electrons. The smallest absolute Gasteiger partial charge is 0.123 e. The Balaban J connectivity index is 1.45. The summed E-state index contributed by atoms with van der Waals surface area (Å²) in [4.78, 5) is 5.16. The molecule has 2 aliphatic heterocycles. The maximum absolute atomic E-state index is 13.2. The quantitative estimate of drug-likeness (QED) is 0.904. The van der Waals surface area contributed by atoms with Gasteiger partial charge >= 0.3 is 0 Å². The first-order chi connectivity index (χ1) is 10.2. The molecule has 0 radical (unpaired) electrons. The largest absolute Gasteiger partial charge is 0.324 e. The zero-order chi connectivity index (χ0) is 14.7. The molecule has 2 atom stereocenters. The van der Waals surface area contributed by atoms with Crippen molar-refractivity contribution in [3.63, 3.8) is 0 Å². The van der Waals surface area contributed by atoms with Gasteiger partial charge in [-0.25, -0.2) is 4.39 Å². The normalized spacial score (nSPS) is 25.5. The van der Waals surface area contributed by atoms with Crippen LogP contribution in [0.5, 0.6) is 0 Å². The summed E-state index contributed by atoms with van der Waals surface area (Å²) in [5.74, 6) is -0.196. The Morgan fingerprint density at radius 2 is 2.05 bits per heavy atom. The summed E-state index contributed by atoms with van der Waals surface area (Å²) >= 11 is 0. The molecule has 2 aliphatic rings. The van der Waals surface area contributed by atoms with Gasteiger partial charge in [-0.05, 0) is 63.0 Å². The highest BCUT2D eigenvalue weighted by Gasteiger charge is 2.29. The van der Waals surface area contributed by atoms with Crippen LogP contribution >= 0.6 is 0 Å². The minimum absolute atomic E-state index is 0.0634. The van der Waals surface area contributed by atoms with Crippen molar-refractivity contribution in [2.24, 2.45) is 5.73 Å². The van der Waals surface area contributed by atoms with Crippen molar-refractivity contribution in [2.45, 2.75) is 37.8 Å². The summed E-state index contributed by atoms with van der Waals surface area (Å²) in [5, 5.41) is 0. The Morgan fingerprint density at radius 1 is 1.24 bits per heavy atom. The third-order valence-electron chi connectivity index (χ3n) is 4.94. The van der Waals surface area contributed by atoms with Crippen molar-refractivity contribution >= 4 is 0 Å². The lowest BCUT2D eigenvalue weighted by molar-refractivity contribution is 0.230. The van der Waals surface area contributed by atoms with Crippen LogP contribution in [0.15, 0.2) is 24.3 Å². The highest BCUT2D eigenvalue weighted by molar-refractivity contribution is 5.19. The van der Waals surface area contributed by atoms with E-state index < -0.39 is 0 Å². The number of nitrogens with two attached hydrogens (primary N) is 1. The van der Waals surface area contributed by atoms with E-state index in [1.165, 1.54) is 51.5 Å². The Morgan fingerprint density at radius 3 is 2.81 bits per heavy atom. The maximum Gasteiger partial charge on any atom is 0.123 e. The second-order valence-corrected chi connectivity index (χ2v) is 6.44. The molecule has 2 fully saturated rings. The highest BCUT2D eigenvalue weighted by Crippen LogP contribution is 2.22. The van der Waals surface area contributed by atoms with Crippen molar-refractivity contribution in [3.8, 4) is 0 Å². The monoisotopic (exact) mass is 291 g/mol. The molecule has 2 saturated heterocycles. The van der Waals surface area contributed by atoms with Crippen LogP contribution in [0, 0.1) is 5.82 Å². The molecule has 0 saturated carbocycles. The average Bonchev–Trinajstić information content (AvgIpc) is 3.15. The first-order valence-electron chi connectivity index (χ1n) is 8.20. The molecule has 1 aromatic rings. The summed E-state index contributed by atoms with van der Waals surface area (Å²) < 4.78 is 13.2. The van der Waals surface area contributed by atoms with Gasteiger partial charge in [-0.1, -0.05) is 12.1 Å². The standard InChI is InChI=1S/C17H26FN3/c18-15-5-3-4-14(12-15)17(19)7-11-20-10-6-16(13-20)21-8-1-2-9-21/h3-5,12,16-17H,1-2,6-11,13,19H2. The van der Waals surface area contributed by atoms with E-state index >= 15 is 0 Å². The van der Waals surface area contributed by atoms with Gasteiger partial charge in [0.1, 0.15) is 5.82 Å². The molecule has 3 nitrogen and oxygen atoms in total. The number of halogens is 1. The molecule has 0 aliphatic carbocycles. The summed E-state index contributed by atoms with van der Waals surface area (Å²) in [5.41, 5.74) is 7.10. The molecule has 2 N–H and O–H groups in total. The van der Waals surface area contributed by atoms with E-state index in [4.69, 9.17) is 5.73 Å². The second kappa shape index (κ2) is 6.86. The van der Waals surface area contributed by atoms with Crippen molar-refractivity contribution in [1.29, 1.82) is 0 Å². The molecule has 21 heavy (non-hydrogen) atoms. The predicted molar refractivity (Wildman–Crippen MR) is 83.6 cm³/mol. The van der Waals surface area contributed by atoms with E-state index in [1.54, 1.807) is 12.1 Å². The summed E-state index contributed by atoms with van der Waals surface area (Å²) in [6, 6.07) is 7.37. The number of hydrogen-bond acceptors (Lipinski definition) is 3. The lowest BCUT2D eigenvalue weighted by Crippen LogP contribution is -2.35. The van der Waals surface area contributed by atoms with Crippen LogP contribution in [0.3, 0.4) is 0 Å². The molecule has 0 amide bonds. The molecule has 0 aromatic heterocycles. The Kier molecular flexibility index (Phi) is 4.88. The zero-order valence-corrected chi connectivity index (χ0v) is 12.7. The highest BCUT2D eigenvalue weighted by atomic mass is 19.1. The fourth-order valence-corrected chi connectivity index (χ4v) is 3.65. The van der Waals surface area contributed by atoms with Crippen LogP contribution in [0.1, 0.15) is 37.3 Å². The lowest BCUT2D eigenvalue weighted by Gasteiger charge is -2.24. The fourth-order valence-electron chi connectivity index (χ4n) is 3.65. The first kappa shape index (κ1) is 14.9. The molecule has 3 rings (SSSR count). The van der Waals surface area contributed by atoms with Gasteiger partial charge in [0, 0.05) is 25.2 Å². The number of likely N-dealkylation sites (tertiary alicyclic amines) is 2. The molecule has 2 unspecified atom stereocenters. The van der Waals surface area contributed by atoms with E-state index in [2.05, 4.69) is 9.80 Å². The SMILES string of the molecule is NC(CCN1CCC(N2CCCC2)C1)c1cccc(F)c1. The van der Waals surface area contributed by atoms with Gasteiger partial charge < -0.3 is 10.6 Å². The van der Waals surface area contributed by atoms with Gasteiger partial charge in [-0.15, -0.1) is 0 Å². The maximum atomic E-state index is 13.2. The topological polar surface area (TPSA) is 32.5 Å². The molecular formula is C17H26FN3. The Bertz CT molecular complexity index is 459. The van der Waals surface area contributed by atoms with Crippen LogP contribution in [-0.2, 0) is 0 Å². The van der Waals surface area contributed by atoms with Crippen LogP contribution in [0.25, 0.3) is 0 Å². The van der Waals surface area contributed by atoms with Gasteiger partial charge in [0.2, 0.25) is 0 Å².